The minimum atomic E-state index is -0.885. The SMILES string of the molecule is CC(CCN)S(=O)CCCF. The molecule has 2 unspecified atom stereocenters. The summed E-state index contributed by atoms with van der Waals surface area (Å²) in [6.45, 7) is 2.07. The highest BCUT2D eigenvalue weighted by Gasteiger charge is 2.08. The Hall–Kier alpha value is 0.0400. The molecule has 0 saturated carbocycles. The largest absolute Gasteiger partial charge is 0.330 e. The van der Waals surface area contributed by atoms with Crippen LogP contribution >= 0.6 is 0 Å². The van der Waals surface area contributed by atoms with Gasteiger partial charge in [0.05, 0.1) is 6.67 Å². The average Bonchev–Trinajstić information content (AvgIpc) is 2.00. The summed E-state index contributed by atoms with van der Waals surface area (Å²) >= 11 is 0. The van der Waals surface area contributed by atoms with E-state index in [4.69, 9.17) is 5.73 Å². The van der Waals surface area contributed by atoms with Crippen molar-refractivity contribution in [3.8, 4) is 0 Å². The molecule has 0 rings (SSSR count). The van der Waals surface area contributed by atoms with Gasteiger partial charge in [-0.2, -0.15) is 0 Å². The van der Waals surface area contributed by atoms with Crippen molar-refractivity contribution in [2.75, 3.05) is 19.0 Å². The standard InChI is InChI=1S/C7H16FNOS/c1-7(3-5-9)11(10)6-2-4-8/h7H,2-6,9H2,1H3. The van der Waals surface area contributed by atoms with E-state index in [9.17, 15) is 8.60 Å². The lowest BCUT2D eigenvalue weighted by Crippen LogP contribution is -2.18. The fourth-order valence-electron chi connectivity index (χ4n) is 0.764. The zero-order valence-corrected chi connectivity index (χ0v) is 7.70. The van der Waals surface area contributed by atoms with Crippen LogP contribution in [0.25, 0.3) is 0 Å². The molecule has 0 aromatic heterocycles. The molecule has 0 fully saturated rings. The third kappa shape index (κ3) is 5.32. The summed E-state index contributed by atoms with van der Waals surface area (Å²) in [4.78, 5) is 0. The van der Waals surface area contributed by atoms with Crippen LogP contribution in [0.15, 0.2) is 0 Å². The molecule has 0 aliphatic heterocycles. The maximum Gasteiger partial charge on any atom is 0.0903 e. The molecule has 0 aliphatic carbocycles. The van der Waals surface area contributed by atoms with Crippen molar-refractivity contribution in [2.45, 2.75) is 25.0 Å². The van der Waals surface area contributed by atoms with Gasteiger partial charge in [0.2, 0.25) is 0 Å². The minimum absolute atomic E-state index is 0.117. The van der Waals surface area contributed by atoms with Gasteiger partial charge in [0.1, 0.15) is 0 Å². The van der Waals surface area contributed by atoms with Crippen LogP contribution in [0.5, 0.6) is 0 Å². The number of nitrogens with two attached hydrogens (primary N) is 1. The normalized spacial score (nSPS) is 16.3. The van der Waals surface area contributed by atoms with Crippen LogP contribution in [0.3, 0.4) is 0 Å². The van der Waals surface area contributed by atoms with Gasteiger partial charge in [0.25, 0.3) is 0 Å². The number of alkyl halides is 1. The number of rotatable bonds is 6. The fourth-order valence-corrected chi connectivity index (χ4v) is 1.96. The molecule has 0 spiro atoms. The van der Waals surface area contributed by atoms with Gasteiger partial charge in [0.15, 0.2) is 0 Å². The summed E-state index contributed by atoms with van der Waals surface area (Å²) in [5, 5.41) is 0.117. The zero-order valence-electron chi connectivity index (χ0n) is 6.88. The van der Waals surface area contributed by atoms with E-state index in [0.717, 1.165) is 6.42 Å². The van der Waals surface area contributed by atoms with Crippen molar-refractivity contribution >= 4 is 10.8 Å². The van der Waals surface area contributed by atoms with Crippen molar-refractivity contribution < 1.29 is 8.60 Å². The van der Waals surface area contributed by atoms with Gasteiger partial charge in [-0.15, -0.1) is 0 Å². The smallest absolute Gasteiger partial charge is 0.0903 e. The topological polar surface area (TPSA) is 43.1 Å². The maximum atomic E-state index is 11.6. The van der Waals surface area contributed by atoms with Gasteiger partial charge >= 0.3 is 0 Å². The van der Waals surface area contributed by atoms with Gasteiger partial charge in [-0.3, -0.25) is 8.60 Å². The molecule has 0 heterocycles. The Morgan fingerprint density at radius 2 is 2.27 bits per heavy atom. The lowest BCUT2D eigenvalue weighted by molar-refractivity contribution is 0.487. The molecule has 2 nitrogen and oxygen atoms in total. The first-order chi connectivity index (χ1) is 5.22. The van der Waals surface area contributed by atoms with E-state index in [1.165, 1.54) is 0 Å². The Bertz CT molecular complexity index is 121. The Morgan fingerprint density at radius 3 is 2.73 bits per heavy atom. The molecule has 4 heteroatoms. The van der Waals surface area contributed by atoms with Gasteiger partial charge in [-0.25, -0.2) is 0 Å². The molecule has 68 valence electrons. The number of hydrogen-bond donors (Lipinski definition) is 1. The van der Waals surface area contributed by atoms with Crippen LogP contribution in [0.4, 0.5) is 4.39 Å². The summed E-state index contributed by atoms with van der Waals surface area (Å²) in [6.07, 6.45) is 1.17. The van der Waals surface area contributed by atoms with Gasteiger partial charge < -0.3 is 5.73 Å². The molecule has 2 N–H and O–H groups in total. The van der Waals surface area contributed by atoms with Gasteiger partial charge in [-0.05, 0) is 19.4 Å². The molecule has 0 radical (unpaired) electrons. The summed E-state index contributed by atoms with van der Waals surface area (Å²) in [5.41, 5.74) is 5.29. The van der Waals surface area contributed by atoms with Crippen LogP contribution in [0.1, 0.15) is 19.8 Å². The number of hydrogen-bond acceptors (Lipinski definition) is 2. The fraction of sp³-hybridized carbons (Fsp3) is 1.00. The third-order valence-electron chi connectivity index (χ3n) is 1.50. The van der Waals surface area contributed by atoms with Crippen LogP contribution < -0.4 is 5.73 Å². The average molecular weight is 181 g/mol. The molecule has 0 aromatic carbocycles. The molecule has 0 bridgehead atoms. The molecule has 0 saturated heterocycles. The number of halogens is 1. The second kappa shape index (κ2) is 6.73. The van der Waals surface area contributed by atoms with E-state index < -0.39 is 10.8 Å². The van der Waals surface area contributed by atoms with E-state index in [1.807, 2.05) is 6.92 Å². The van der Waals surface area contributed by atoms with Gasteiger partial charge in [-0.1, -0.05) is 6.92 Å². The molecule has 2 atom stereocenters. The first kappa shape index (κ1) is 11.0. The van der Waals surface area contributed by atoms with Gasteiger partial charge in [0, 0.05) is 21.8 Å². The first-order valence-electron chi connectivity index (χ1n) is 3.85. The second-order valence-electron chi connectivity index (χ2n) is 2.52. The molecule has 0 aromatic rings. The van der Waals surface area contributed by atoms with E-state index in [2.05, 4.69) is 0 Å². The lowest BCUT2D eigenvalue weighted by Gasteiger charge is -2.08. The predicted octanol–water partition coefficient (Wildman–Crippen LogP) is 0.832. The van der Waals surface area contributed by atoms with Crippen LogP contribution in [0.2, 0.25) is 0 Å². The summed E-state index contributed by atoms with van der Waals surface area (Å²) in [6, 6.07) is 0. The highest BCUT2D eigenvalue weighted by Crippen LogP contribution is 2.01. The van der Waals surface area contributed by atoms with Crippen molar-refractivity contribution in [1.82, 2.24) is 0 Å². The van der Waals surface area contributed by atoms with Crippen LogP contribution in [-0.4, -0.2) is 28.4 Å². The molecular formula is C7H16FNOS. The highest BCUT2D eigenvalue weighted by atomic mass is 32.2. The summed E-state index contributed by atoms with van der Waals surface area (Å²) < 4.78 is 22.8. The van der Waals surface area contributed by atoms with E-state index in [-0.39, 0.29) is 11.9 Å². The predicted molar refractivity (Wildman–Crippen MR) is 46.7 cm³/mol. The third-order valence-corrected chi connectivity index (χ3v) is 3.33. The van der Waals surface area contributed by atoms with Crippen molar-refractivity contribution in [3.05, 3.63) is 0 Å². The lowest BCUT2D eigenvalue weighted by atomic mass is 10.3. The van der Waals surface area contributed by atoms with Crippen molar-refractivity contribution in [2.24, 2.45) is 5.73 Å². The molecular weight excluding hydrogens is 165 g/mol. The highest BCUT2D eigenvalue weighted by molar-refractivity contribution is 7.85. The van der Waals surface area contributed by atoms with Crippen molar-refractivity contribution in [1.29, 1.82) is 0 Å². The van der Waals surface area contributed by atoms with Crippen LogP contribution in [0, 0.1) is 0 Å². The van der Waals surface area contributed by atoms with Crippen molar-refractivity contribution in [3.63, 3.8) is 0 Å². The molecule has 0 aliphatic rings. The summed E-state index contributed by atoms with van der Waals surface area (Å²) in [5.74, 6) is 0.470. The zero-order chi connectivity index (χ0) is 8.69. The summed E-state index contributed by atoms with van der Waals surface area (Å²) in [7, 11) is -0.885. The minimum Gasteiger partial charge on any atom is -0.330 e. The second-order valence-corrected chi connectivity index (χ2v) is 4.49. The quantitative estimate of drug-likeness (QED) is 0.659. The van der Waals surface area contributed by atoms with E-state index in [0.29, 0.717) is 18.7 Å². The first-order valence-corrected chi connectivity index (χ1v) is 5.23. The van der Waals surface area contributed by atoms with E-state index >= 15 is 0 Å². The Balaban J connectivity index is 3.47. The monoisotopic (exact) mass is 181 g/mol. The molecule has 11 heavy (non-hydrogen) atoms. The Kier molecular flexibility index (Phi) is 6.76. The Morgan fingerprint density at radius 1 is 1.64 bits per heavy atom. The van der Waals surface area contributed by atoms with Crippen LogP contribution in [-0.2, 0) is 10.8 Å². The molecule has 0 amide bonds. The Labute approximate surface area is 69.8 Å². The maximum absolute atomic E-state index is 11.6. The van der Waals surface area contributed by atoms with E-state index in [1.54, 1.807) is 0 Å².